The van der Waals surface area contributed by atoms with Crippen LogP contribution in [0.2, 0.25) is 0 Å². The molecular weight excluding hydrogens is 378 g/mol. The first-order valence-corrected chi connectivity index (χ1v) is 11.1. The minimum absolute atomic E-state index is 0.521. The third kappa shape index (κ3) is 13.8. The number of ether oxygens (including phenoxy) is 2. The molecule has 30 heavy (non-hydrogen) atoms. The first-order valence-electron chi connectivity index (χ1n) is 11.1. The topological polar surface area (TPSA) is 73.3 Å². The maximum Gasteiger partial charge on any atom is 0.216 e. The molecular formula is C23H43N5O2. The summed E-state index contributed by atoms with van der Waals surface area (Å²) in [7, 11) is 1.63. The second-order valence-corrected chi connectivity index (χ2v) is 5.55. The van der Waals surface area contributed by atoms with E-state index in [0.29, 0.717) is 19.1 Å². The molecule has 0 aliphatic carbocycles. The molecule has 3 rings (SSSR count). The standard InChI is InChI=1S/C9H13N3.C8H12N2O2.3C2H6/c1-8-6-9(11-7-10-8)12-4-2-3-5-12;1-7-5-8(10-6-9-7)12-4-3-11-2;3*1-2/h6-7H,2-5H2,1H3;5-6H,3-4H2,1-2H3;3*1-2H3. The number of aromatic nitrogens is 4. The Balaban J connectivity index is 0. The van der Waals surface area contributed by atoms with Gasteiger partial charge in [0, 0.05) is 43.7 Å². The van der Waals surface area contributed by atoms with Crippen molar-refractivity contribution in [3.05, 3.63) is 36.2 Å². The summed E-state index contributed by atoms with van der Waals surface area (Å²) in [6, 6.07) is 3.83. The molecule has 3 heterocycles. The lowest BCUT2D eigenvalue weighted by Gasteiger charge is -2.15. The molecule has 1 saturated heterocycles. The summed E-state index contributed by atoms with van der Waals surface area (Å²) in [6.45, 7) is 19.3. The molecule has 0 amide bonds. The zero-order valence-corrected chi connectivity index (χ0v) is 20.6. The summed E-state index contributed by atoms with van der Waals surface area (Å²) in [5.41, 5.74) is 1.95. The smallest absolute Gasteiger partial charge is 0.216 e. The highest BCUT2D eigenvalue weighted by atomic mass is 16.5. The number of hydrogen-bond acceptors (Lipinski definition) is 7. The van der Waals surface area contributed by atoms with Gasteiger partial charge in [0.25, 0.3) is 0 Å². The van der Waals surface area contributed by atoms with Crippen molar-refractivity contribution in [3.63, 3.8) is 0 Å². The highest BCUT2D eigenvalue weighted by Crippen LogP contribution is 2.16. The van der Waals surface area contributed by atoms with E-state index in [0.717, 1.165) is 30.3 Å². The zero-order chi connectivity index (χ0) is 23.2. The molecule has 1 fully saturated rings. The Morgan fingerprint density at radius 2 is 1.30 bits per heavy atom. The Morgan fingerprint density at radius 3 is 1.80 bits per heavy atom. The molecule has 0 spiro atoms. The van der Waals surface area contributed by atoms with Crippen molar-refractivity contribution in [3.8, 4) is 5.88 Å². The number of rotatable bonds is 5. The fourth-order valence-corrected chi connectivity index (χ4v) is 2.30. The van der Waals surface area contributed by atoms with Gasteiger partial charge in [0.1, 0.15) is 25.1 Å². The lowest BCUT2D eigenvalue weighted by atomic mass is 10.4. The highest BCUT2D eigenvalue weighted by molar-refractivity contribution is 5.39. The van der Waals surface area contributed by atoms with E-state index in [4.69, 9.17) is 9.47 Å². The van der Waals surface area contributed by atoms with Crippen molar-refractivity contribution < 1.29 is 9.47 Å². The van der Waals surface area contributed by atoms with E-state index in [-0.39, 0.29) is 0 Å². The quantitative estimate of drug-likeness (QED) is 0.609. The van der Waals surface area contributed by atoms with Crippen molar-refractivity contribution in [1.29, 1.82) is 0 Å². The molecule has 7 nitrogen and oxygen atoms in total. The third-order valence-electron chi connectivity index (χ3n) is 3.54. The van der Waals surface area contributed by atoms with Gasteiger partial charge in [-0.05, 0) is 26.7 Å². The maximum absolute atomic E-state index is 5.25. The summed E-state index contributed by atoms with van der Waals surface area (Å²) in [6.07, 6.45) is 5.71. The van der Waals surface area contributed by atoms with Gasteiger partial charge >= 0.3 is 0 Å². The van der Waals surface area contributed by atoms with Gasteiger partial charge in [0.05, 0.1) is 6.61 Å². The van der Waals surface area contributed by atoms with Crippen LogP contribution in [0.5, 0.6) is 5.88 Å². The number of methoxy groups -OCH3 is 1. The summed E-state index contributed by atoms with van der Waals surface area (Å²) < 4.78 is 10.1. The van der Waals surface area contributed by atoms with Gasteiger partial charge < -0.3 is 14.4 Å². The van der Waals surface area contributed by atoms with Crippen LogP contribution >= 0.6 is 0 Å². The Morgan fingerprint density at radius 1 is 0.767 bits per heavy atom. The number of anilines is 1. The van der Waals surface area contributed by atoms with Gasteiger partial charge in [-0.25, -0.2) is 19.9 Å². The maximum atomic E-state index is 5.25. The summed E-state index contributed by atoms with van der Waals surface area (Å²) in [4.78, 5) is 18.5. The van der Waals surface area contributed by atoms with Gasteiger partial charge in [-0.1, -0.05) is 41.5 Å². The van der Waals surface area contributed by atoms with Crippen LogP contribution in [-0.2, 0) is 4.74 Å². The predicted molar refractivity (Wildman–Crippen MR) is 126 cm³/mol. The number of aryl methyl sites for hydroxylation is 2. The lowest BCUT2D eigenvalue weighted by molar-refractivity contribution is 0.143. The van der Waals surface area contributed by atoms with E-state index in [2.05, 4.69) is 24.8 Å². The predicted octanol–water partition coefficient (Wildman–Crippen LogP) is 5.27. The molecule has 0 N–H and O–H groups in total. The van der Waals surface area contributed by atoms with Crippen molar-refractivity contribution in [2.45, 2.75) is 68.2 Å². The van der Waals surface area contributed by atoms with Crippen molar-refractivity contribution in [2.75, 3.05) is 38.3 Å². The summed E-state index contributed by atoms with van der Waals surface area (Å²) in [5.74, 6) is 1.68. The molecule has 2 aromatic rings. The highest BCUT2D eigenvalue weighted by Gasteiger charge is 2.12. The van der Waals surface area contributed by atoms with E-state index in [1.54, 1.807) is 19.5 Å². The van der Waals surface area contributed by atoms with E-state index in [9.17, 15) is 0 Å². The molecule has 0 aromatic carbocycles. The number of nitrogens with zero attached hydrogens (tertiary/aromatic N) is 5. The Bertz CT molecular complexity index is 620. The van der Waals surface area contributed by atoms with Gasteiger partial charge in [-0.3, -0.25) is 0 Å². The molecule has 1 aliphatic heterocycles. The molecule has 0 bridgehead atoms. The number of hydrogen-bond donors (Lipinski definition) is 0. The molecule has 172 valence electrons. The minimum Gasteiger partial charge on any atom is -0.475 e. The van der Waals surface area contributed by atoms with E-state index in [1.807, 2.05) is 61.5 Å². The van der Waals surface area contributed by atoms with Crippen LogP contribution in [0.4, 0.5) is 5.82 Å². The van der Waals surface area contributed by atoms with E-state index in [1.165, 1.54) is 19.2 Å². The fourth-order valence-electron chi connectivity index (χ4n) is 2.30. The minimum atomic E-state index is 0.521. The molecule has 7 heteroatoms. The van der Waals surface area contributed by atoms with Crippen LogP contribution in [-0.4, -0.2) is 53.3 Å². The van der Waals surface area contributed by atoms with Crippen LogP contribution in [0.1, 0.15) is 65.8 Å². The van der Waals surface area contributed by atoms with Gasteiger partial charge in [-0.2, -0.15) is 0 Å². The first-order chi connectivity index (χ1) is 14.7. The normalized spacial score (nSPS) is 11.3. The van der Waals surface area contributed by atoms with E-state index < -0.39 is 0 Å². The fraction of sp³-hybridized carbons (Fsp3) is 0.652. The van der Waals surface area contributed by atoms with Crippen molar-refractivity contribution in [1.82, 2.24) is 19.9 Å². The van der Waals surface area contributed by atoms with Crippen LogP contribution in [0.15, 0.2) is 24.8 Å². The Hall–Kier alpha value is -2.28. The van der Waals surface area contributed by atoms with Crippen LogP contribution in [0.3, 0.4) is 0 Å². The summed E-state index contributed by atoms with van der Waals surface area (Å²) >= 11 is 0. The largest absolute Gasteiger partial charge is 0.475 e. The van der Waals surface area contributed by atoms with Gasteiger partial charge in [-0.15, -0.1) is 0 Å². The monoisotopic (exact) mass is 421 g/mol. The summed E-state index contributed by atoms with van der Waals surface area (Å²) in [5, 5.41) is 0. The Labute approximate surface area is 184 Å². The first kappa shape index (κ1) is 29.9. The molecule has 0 atom stereocenters. The second kappa shape index (κ2) is 21.4. The third-order valence-corrected chi connectivity index (χ3v) is 3.54. The van der Waals surface area contributed by atoms with E-state index >= 15 is 0 Å². The zero-order valence-electron chi connectivity index (χ0n) is 20.6. The van der Waals surface area contributed by atoms with Crippen molar-refractivity contribution in [2.24, 2.45) is 0 Å². The Kier molecular flexibility index (Phi) is 21.4. The molecule has 0 saturated carbocycles. The van der Waals surface area contributed by atoms with Gasteiger partial charge in [0.15, 0.2) is 0 Å². The van der Waals surface area contributed by atoms with Gasteiger partial charge in [0.2, 0.25) is 5.88 Å². The average Bonchev–Trinajstić information content (AvgIpc) is 3.34. The SMILES string of the molecule is CC.CC.CC.COCCOc1cc(C)ncn1.Cc1cc(N2CCCC2)ncn1. The molecule has 0 unspecified atom stereocenters. The lowest BCUT2D eigenvalue weighted by Crippen LogP contribution is -2.19. The van der Waals surface area contributed by atoms with Crippen LogP contribution in [0.25, 0.3) is 0 Å². The average molecular weight is 422 g/mol. The van der Waals surface area contributed by atoms with Crippen LogP contribution in [0, 0.1) is 13.8 Å². The second-order valence-electron chi connectivity index (χ2n) is 5.55. The molecule has 0 radical (unpaired) electrons. The molecule has 1 aliphatic rings. The van der Waals surface area contributed by atoms with Crippen LogP contribution < -0.4 is 9.64 Å². The van der Waals surface area contributed by atoms with Crippen molar-refractivity contribution >= 4 is 5.82 Å². The molecule has 2 aromatic heterocycles.